The molecule has 4 rings (SSSR count). The molecule has 3 N–H and O–H groups in total. The van der Waals surface area contributed by atoms with Crippen molar-refractivity contribution >= 4 is 5.97 Å². The summed E-state index contributed by atoms with van der Waals surface area (Å²) < 4.78 is 32.6. The number of hydrogen-bond donors (Lipinski definition) is 3. The Kier molecular flexibility index (Phi) is 8.20. The van der Waals surface area contributed by atoms with E-state index in [2.05, 4.69) is 0 Å². The molecular formula is C26H32O10. The van der Waals surface area contributed by atoms with Crippen molar-refractivity contribution in [1.82, 2.24) is 0 Å². The average molecular weight is 505 g/mol. The average Bonchev–Trinajstić information content (AvgIpc) is 3.23. The van der Waals surface area contributed by atoms with Crippen LogP contribution >= 0.6 is 0 Å². The second kappa shape index (κ2) is 11.3. The normalized spacial score (nSPS) is 27.9. The second-order valence-corrected chi connectivity index (χ2v) is 8.95. The van der Waals surface area contributed by atoms with Crippen LogP contribution in [0.25, 0.3) is 0 Å². The number of carbonyl (C=O) groups excluding carboxylic acids is 1. The number of methoxy groups -OCH3 is 3. The van der Waals surface area contributed by atoms with Crippen LogP contribution in [0.15, 0.2) is 36.4 Å². The zero-order valence-corrected chi connectivity index (χ0v) is 20.5. The van der Waals surface area contributed by atoms with E-state index in [1.165, 1.54) is 7.11 Å². The molecule has 6 atom stereocenters. The first-order valence-corrected chi connectivity index (χ1v) is 11.7. The van der Waals surface area contributed by atoms with E-state index >= 15 is 0 Å². The van der Waals surface area contributed by atoms with Crippen molar-refractivity contribution in [2.45, 2.75) is 37.4 Å². The quantitative estimate of drug-likeness (QED) is 0.427. The van der Waals surface area contributed by atoms with Gasteiger partial charge in [0.25, 0.3) is 0 Å². The Bertz CT molecular complexity index is 1060. The minimum absolute atomic E-state index is 0.0174. The predicted molar refractivity (Wildman–Crippen MR) is 126 cm³/mol. The van der Waals surface area contributed by atoms with E-state index in [1.54, 1.807) is 32.4 Å². The van der Waals surface area contributed by atoms with Crippen molar-refractivity contribution in [1.29, 1.82) is 0 Å². The molecule has 10 heteroatoms. The molecule has 0 saturated carbocycles. The highest BCUT2D eigenvalue weighted by Gasteiger charge is 2.40. The van der Waals surface area contributed by atoms with Crippen LogP contribution in [0.2, 0.25) is 0 Å². The number of esters is 1. The van der Waals surface area contributed by atoms with Crippen molar-refractivity contribution < 1.29 is 48.5 Å². The summed E-state index contributed by atoms with van der Waals surface area (Å²) in [4.78, 5) is 12.6. The summed E-state index contributed by atoms with van der Waals surface area (Å²) in [5.41, 5.74) is 1.86. The van der Waals surface area contributed by atoms with Crippen LogP contribution in [-0.4, -0.2) is 80.4 Å². The summed E-state index contributed by atoms with van der Waals surface area (Å²) in [5, 5.41) is 29.7. The highest BCUT2D eigenvalue weighted by molar-refractivity contribution is 5.75. The molecule has 2 heterocycles. The minimum atomic E-state index is -1.43. The van der Waals surface area contributed by atoms with Gasteiger partial charge in [0.2, 0.25) is 6.29 Å². The molecule has 0 aromatic heterocycles. The van der Waals surface area contributed by atoms with Gasteiger partial charge in [-0.25, -0.2) is 0 Å². The van der Waals surface area contributed by atoms with E-state index in [0.717, 1.165) is 11.1 Å². The second-order valence-electron chi connectivity index (χ2n) is 8.95. The highest BCUT2D eigenvalue weighted by Crippen LogP contribution is 2.35. The van der Waals surface area contributed by atoms with Crippen molar-refractivity contribution in [2.24, 2.45) is 11.8 Å². The maximum atomic E-state index is 12.6. The molecule has 10 nitrogen and oxygen atoms in total. The lowest BCUT2D eigenvalue weighted by Gasteiger charge is -2.35. The van der Waals surface area contributed by atoms with Gasteiger partial charge in [0.05, 0.1) is 40.5 Å². The summed E-state index contributed by atoms with van der Waals surface area (Å²) in [6, 6.07) is 10.9. The fourth-order valence-corrected chi connectivity index (χ4v) is 4.56. The number of hydrogen-bond acceptors (Lipinski definition) is 10. The number of cyclic esters (lactones) is 1. The van der Waals surface area contributed by atoms with Crippen LogP contribution in [0.1, 0.15) is 11.1 Å². The first kappa shape index (κ1) is 26.0. The molecule has 196 valence electrons. The summed E-state index contributed by atoms with van der Waals surface area (Å²) in [6.07, 6.45) is -4.09. The van der Waals surface area contributed by atoms with Crippen LogP contribution in [0, 0.1) is 11.8 Å². The number of carbonyl (C=O) groups is 1. The van der Waals surface area contributed by atoms with E-state index in [4.69, 9.17) is 28.4 Å². The molecule has 0 unspecified atom stereocenters. The lowest BCUT2D eigenvalue weighted by molar-refractivity contribution is -0.242. The van der Waals surface area contributed by atoms with Gasteiger partial charge < -0.3 is 43.7 Å². The fraction of sp³-hybridized carbons (Fsp3) is 0.500. The Morgan fingerprint density at radius 2 is 1.42 bits per heavy atom. The molecule has 2 aromatic rings. The molecule has 2 fully saturated rings. The number of aliphatic hydroxyl groups is 3. The van der Waals surface area contributed by atoms with Gasteiger partial charge in [-0.2, -0.15) is 0 Å². The third-order valence-corrected chi connectivity index (χ3v) is 6.64. The molecular weight excluding hydrogens is 472 g/mol. The van der Waals surface area contributed by atoms with E-state index in [9.17, 15) is 20.1 Å². The Hall–Kier alpha value is -3.05. The minimum Gasteiger partial charge on any atom is -0.493 e. The fourth-order valence-electron chi connectivity index (χ4n) is 4.56. The molecule has 0 aliphatic carbocycles. The van der Waals surface area contributed by atoms with E-state index in [1.807, 2.05) is 18.2 Å². The van der Waals surface area contributed by atoms with Crippen molar-refractivity contribution in [3.05, 3.63) is 47.5 Å². The lowest BCUT2D eigenvalue weighted by Crippen LogP contribution is -2.54. The summed E-state index contributed by atoms with van der Waals surface area (Å²) in [6.45, 7) is 0.163. The summed E-state index contributed by atoms with van der Waals surface area (Å²) in [7, 11) is 4.64. The van der Waals surface area contributed by atoms with Crippen LogP contribution in [0.3, 0.4) is 0 Å². The summed E-state index contributed by atoms with van der Waals surface area (Å²) in [5.74, 6) is 1.35. The van der Waals surface area contributed by atoms with Gasteiger partial charge >= 0.3 is 5.97 Å². The number of aliphatic hydroxyl groups excluding tert-OH is 3. The van der Waals surface area contributed by atoms with Crippen LogP contribution < -0.4 is 18.9 Å². The Morgan fingerprint density at radius 1 is 0.806 bits per heavy atom. The van der Waals surface area contributed by atoms with Gasteiger partial charge in [0.15, 0.2) is 23.0 Å². The molecule has 0 bridgehead atoms. The number of rotatable bonds is 9. The molecule has 2 aliphatic rings. The molecule has 2 aliphatic heterocycles. The third-order valence-electron chi connectivity index (χ3n) is 6.64. The zero-order chi connectivity index (χ0) is 25.8. The van der Waals surface area contributed by atoms with Gasteiger partial charge in [0.1, 0.15) is 18.3 Å². The standard InChI is InChI=1S/C26H32O10/c1-31-19-6-4-14(10-21(19)32-2)8-16-12-34-25(30)17(16)9-15-5-7-20(22(11-15)33-3)36-26-24(29)23(28)18(27)13-35-26/h4-7,10-11,16-18,23-24,26-29H,8-9,12-13H2,1-3H3/t16-,17+,18+,23-,24-,26-/m0/s1. The van der Waals surface area contributed by atoms with Gasteiger partial charge in [-0.05, 0) is 48.2 Å². The Balaban J connectivity index is 1.46. The van der Waals surface area contributed by atoms with Crippen molar-refractivity contribution in [2.75, 3.05) is 34.5 Å². The Morgan fingerprint density at radius 3 is 2.08 bits per heavy atom. The Labute approximate surface area is 209 Å². The van der Waals surface area contributed by atoms with Crippen LogP contribution in [0.4, 0.5) is 0 Å². The van der Waals surface area contributed by atoms with Crippen molar-refractivity contribution in [3.63, 3.8) is 0 Å². The molecule has 0 spiro atoms. The molecule has 2 aromatic carbocycles. The van der Waals surface area contributed by atoms with Crippen LogP contribution in [0.5, 0.6) is 23.0 Å². The molecule has 2 saturated heterocycles. The van der Waals surface area contributed by atoms with Gasteiger partial charge in [-0.1, -0.05) is 12.1 Å². The largest absolute Gasteiger partial charge is 0.493 e. The van der Waals surface area contributed by atoms with Crippen molar-refractivity contribution in [3.8, 4) is 23.0 Å². The number of ether oxygens (including phenoxy) is 6. The topological polar surface area (TPSA) is 133 Å². The van der Waals surface area contributed by atoms with Gasteiger partial charge in [0, 0.05) is 5.92 Å². The number of benzene rings is 2. The third kappa shape index (κ3) is 5.52. The molecule has 36 heavy (non-hydrogen) atoms. The first-order valence-electron chi connectivity index (χ1n) is 11.7. The SMILES string of the molecule is COc1ccc(C[C@H]2COC(=O)[C@@H]2Cc2ccc(O[C@@H]3OC[C@@H](O)[C@H](O)[C@@H]3O)c(OC)c2)cc1OC. The zero-order valence-electron chi connectivity index (χ0n) is 20.5. The summed E-state index contributed by atoms with van der Waals surface area (Å²) >= 11 is 0. The molecule has 0 radical (unpaired) electrons. The van der Waals surface area contributed by atoms with Gasteiger partial charge in [-0.3, -0.25) is 4.79 Å². The van der Waals surface area contributed by atoms with Crippen LogP contribution in [-0.2, 0) is 27.1 Å². The monoisotopic (exact) mass is 504 g/mol. The van der Waals surface area contributed by atoms with E-state index in [0.29, 0.717) is 42.4 Å². The first-order chi connectivity index (χ1) is 17.3. The highest BCUT2D eigenvalue weighted by atomic mass is 16.7. The smallest absolute Gasteiger partial charge is 0.309 e. The maximum absolute atomic E-state index is 12.6. The predicted octanol–water partition coefficient (Wildman–Crippen LogP) is 1.10. The van der Waals surface area contributed by atoms with E-state index in [-0.39, 0.29) is 24.4 Å². The van der Waals surface area contributed by atoms with E-state index < -0.39 is 24.6 Å². The molecule has 0 amide bonds. The maximum Gasteiger partial charge on any atom is 0.309 e. The lowest BCUT2D eigenvalue weighted by atomic mass is 9.85. The van der Waals surface area contributed by atoms with Gasteiger partial charge in [-0.15, -0.1) is 0 Å².